The number of nitrogens with zero attached hydrogens (tertiary/aromatic N) is 2. The number of amidine groups is 1. The van der Waals surface area contributed by atoms with Crippen molar-refractivity contribution in [3.8, 4) is 0 Å². The second-order valence-corrected chi connectivity index (χ2v) is 7.43. The van der Waals surface area contributed by atoms with Crippen LogP contribution in [0.5, 0.6) is 0 Å². The maximum atomic E-state index is 13.3. The van der Waals surface area contributed by atoms with Crippen molar-refractivity contribution in [3.63, 3.8) is 0 Å². The van der Waals surface area contributed by atoms with E-state index in [1.807, 2.05) is 6.92 Å². The lowest BCUT2D eigenvalue weighted by atomic mass is 10.1. The first kappa shape index (κ1) is 24.5. The predicted molar refractivity (Wildman–Crippen MR) is 120 cm³/mol. The average Bonchev–Trinajstić information content (AvgIpc) is 2.75. The summed E-state index contributed by atoms with van der Waals surface area (Å²) in [6.07, 6.45) is 7.81. The van der Waals surface area contributed by atoms with Crippen molar-refractivity contribution in [2.45, 2.75) is 45.1 Å². The summed E-state index contributed by atoms with van der Waals surface area (Å²) in [6.45, 7) is 4.12. The molecule has 0 spiro atoms. The molecule has 2 rings (SSSR count). The van der Waals surface area contributed by atoms with Crippen LogP contribution in [0.3, 0.4) is 0 Å². The van der Waals surface area contributed by atoms with E-state index in [1.54, 1.807) is 6.08 Å². The van der Waals surface area contributed by atoms with Gasteiger partial charge in [0.2, 0.25) is 11.8 Å². The van der Waals surface area contributed by atoms with Gasteiger partial charge in [-0.25, -0.2) is 4.39 Å². The Kier molecular flexibility index (Phi) is 10.7. The summed E-state index contributed by atoms with van der Waals surface area (Å²) < 4.78 is 13.3. The van der Waals surface area contributed by atoms with Crippen molar-refractivity contribution in [2.75, 3.05) is 32.7 Å². The Morgan fingerprint density at radius 2 is 2.06 bits per heavy atom. The number of fused-ring (bicyclic) bond motifs is 2. The third-order valence-corrected chi connectivity index (χ3v) is 4.87. The van der Waals surface area contributed by atoms with E-state index in [9.17, 15) is 14.0 Å². The van der Waals surface area contributed by atoms with Crippen LogP contribution >= 0.6 is 0 Å². The highest BCUT2D eigenvalue weighted by Crippen LogP contribution is 2.07. The van der Waals surface area contributed by atoms with Gasteiger partial charge in [-0.2, -0.15) is 0 Å². The summed E-state index contributed by atoms with van der Waals surface area (Å²) in [7, 11) is 0. The number of aliphatic imine (C=N–C) groups is 2. The number of halogens is 1. The van der Waals surface area contributed by atoms with Gasteiger partial charge < -0.3 is 27.0 Å². The molecule has 0 aromatic heterocycles. The van der Waals surface area contributed by atoms with Gasteiger partial charge in [-0.05, 0) is 44.3 Å². The number of nitrogens with one attached hydrogen (secondary N) is 4. The molecular weight excluding hydrogens is 401 g/mol. The molecule has 0 saturated heterocycles. The Morgan fingerprint density at radius 3 is 2.84 bits per heavy atom. The normalized spacial score (nSPS) is 23.6. The van der Waals surface area contributed by atoms with Crippen LogP contribution in [0.25, 0.3) is 0 Å². The summed E-state index contributed by atoms with van der Waals surface area (Å²) in [6, 6.07) is -0.636. The summed E-state index contributed by atoms with van der Waals surface area (Å²) in [4.78, 5) is 33.6. The van der Waals surface area contributed by atoms with E-state index in [0.29, 0.717) is 57.2 Å². The van der Waals surface area contributed by atoms with E-state index < -0.39 is 12.0 Å². The van der Waals surface area contributed by atoms with Crippen LogP contribution in [-0.4, -0.2) is 62.4 Å². The summed E-state index contributed by atoms with van der Waals surface area (Å²) in [5.41, 5.74) is 5.93. The molecule has 0 saturated carbocycles. The molecule has 2 unspecified atom stereocenters. The third kappa shape index (κ3) is 8.87. The second-order valence-electron chi connectivity index (χ2n) is 7.43. The van der Waals surface area contributed by atoms with Crippen molar-refractivity contribution in [1.82, 2.24) is 21.3 Å². The average molecular weight is 436 g/mol. The minimum absolute atomic E-state index is 0.184. The summed E-state index contributed by atoms with van der Waals surface area (Å²) in [5, 5.41) is 12.0. The first-order valence-corrected chi connectivity index (χ1v) is 10.9. The fourth-order valence-corrected chi connectivity index (χ4v) is 3.09. The maximum Gasteiger partial charge on any atom is 0.236 e. The number of hydrogen-bond donors (Lipinski definition) is 5. The van der Waals surface area contributed by atoms with Crippen LogP contribution in [0.15, 0.2) is 34.0 Å². The molecule has 9 nitrogen and oxygen atoms in total. The molecule has 0 aromatic rings. The molecule has 172 valence electrons. The largest absolute Gasteiger partial charge is 0.356 e. The maximum absolute atomic E-state index is 13.3. The zero-order chi connectivity index (χ0) is 22.5. The quantitative estimate of drug-likeness (QED) is 0.306. The lowest BCUT2D eigenvalue weighted by Crippen LogP contribution is -2.53. The van der Waals surface area contributed by atoms with Crippen molar-refractivity contribution in [2.24, 2.45) is 21.6 Å². The number of allylic oxidation sites excluding steroid dienone is 3. The lowest BCUT2D eigenvalue weighted by Gasteiger charge is -2.25. The molecule has 6 N–H and O–H groups in total. The second kappa shape index (κ2) is 13.5. The van der Waals surface area contributed by atoms with Gasteiger partial charge in [0.1, 0.15) is 17.6 Å². The highest BCUT2D eigenvalue weighted by atomic mass is 19.1. The molecule has 2 atom stereocenters. The van der Waals surface area contributed by atoms with Gasteiger partial charge in [-0.1, -0.05) is 13.0 Å². The summed E-state index contributed by atoms with van der Waals surface area (Å²) in [5.74, 6) is -0.113. The van der Waals surface area contributed by atoms with Crippen LogP contribution in [-0.2, 0) is 9.59 Å². The van der Waals surface area contributed by atoms with Crippen molar-refractivity contribution < 1.29 is 14.0 Å². The van der Waals surface area contributed by atoms with Gasteiger partial charge in [0, 0.05) is 26.2 Å². The highest BCUT2D eigenvalue weighted by molar-refractivity contribution is 6.11. The molecule has 2 heterocycles. The predicted octanol–water partition coefficient (Wildman–Crippen LogP) is 0.503. The van der Waals surface area contributed by atoms with Gasteiger partial charge >= 0.3 is 0 Å². The monoisotopic (exact) mass is 435 g/mol. The Labute approximate surface area is 182 Å². The van der Waals surface area contributed by atoms with Crippen LogP contribution in [0.4, 0.5) is 4.39 Å². The minimum atomic E-state index is -0.636. The Balaban J connectivity index is 1.96. The molecule has 0 aliphatic carbocycles. The van der Waals surface area contributed by atoms with E-state index in [1.165, 1.54) is 12.2 Å². The fraction of sp³-hybridized carbons (Fsp3) is 0.619. The van der Waals surface area contributed by atoms with Gasteiger partial charge in [0.15, 0.2) is 5.96 Å². The van der Waals surface area contributed by atoms with Gasteiger partial charge in [-0.15, -0.1) is 0 Å². The van der Waals surface area contributed by atoms with Crippen LogP contribution in [0.2, 0.25) is 0 Å². The first-order valence-electron chi connectivity index (χ1n) is 10.9. The van der Waals surface area contributed by atoms with E-state index in [0.717, 1.165) is 12.8 Å². The lowest BCUT2D eigenvalue weighted by molar-refractivity contribution is -0.123. The van der Waals surface area contributed by atoms with E-state index in [4.69, 9.17) is 5.73 Å². The van der Waals surface area contributed by atoms with Gasteiger partial charge in [0.25, 0.3) is 0 Å². The standard InChI is InChI=1S/C21H34FN7O2/c1-2-7-15(22)8-3-4-10-25-19(30)16-14-28-21-27-12-6-5-11-26-20(31)17(23)9-13-24-18(16)29-21/h3,7-8,16-17H,2,4-6,9-14,23H2,1H3,(H,25,30)(H,26,31)(H2,24,27,28,29). The highest BCUT2D eigenvalue weighted by Gasteiger charge is 2.28. The zero-order valence-corrected chi connectivity index (χ0v) is 18.1. The van der Waals surface area contributed by atoms with Crippen LogP contribution < -0.4 is 27.0 Å². The number of hydrogen-bond acceptors (Lipinski definition) is 7. The molecule has 0 radical (unpaired) electrons. The SMILES string of the molecule is CCC=C(F)C=CCCNC(=O)C1CN=C2NCCCCNC(=O)C(N)CCN=C1N2. The van der Waals surface area contributed by atoms with Crippen molar-refractivity contribution in [1.29, 1.82) is 0 Å². The number of nitrogens with two attached hydrogens (primary N) is 1. The van der Waals surface area contributed by atoms with Crippen molar-refractivity contribution in [3.05, 3.63) is 24.1 Å². The molecule has 31 heavy (non-hydrogen) atoms. The molecule has 2 aliphatic rings. The van der Waals surface area contributed by atoms with Crippen LogP contribution in [0, 0.1) is 5.92 Å². The van der Waals surface area contributed by atoms with E-state index >= 15 is 0 Å². The van der Waals surface area contributed by atoms with Crippen molar-refractivity contribution >= 4 is 23.6 Å². The molecule has 10 heteroatoms. The molecule has 2 aliphatic heterocycles. The fourth-order valence-electron chi connectivity index (χ4n) is 3.09. The number of carbonyl (C=O) groups excluding carboxylic acids is 2. The number of amides is 2. The topological polar surface area (TPSA) is 133 Å². The smallest absolute Gasteiger partial charge is 0.236 e. The molecule has 2 bridgehead atoms. The molecular formula is C21H34FN7O2. The third-order valence-electron chi connectivity index (χ3n) is 4.87. The van der Waals surface area contributed by atoms with E-state index in [-0.39, 0.29) is 24.2 Å². The summed E-state index contributed by atoms with van der Waals surface area (Å²) >= 11 is 0. The van der Waals surface area contributed by atoms with E-state index in [2.05, 4.69) is 31.3 Å². The number of guanidine groups is 1. The molecule has 2 amide bonds. The molecule has 0 aromatic carbocycles. The van der Waals surface area contributed by atoms with Gasteiger partial charge in [-0.3, -0.25) is 19.6 Å². The first-order chi connectivity index (χ1) is 15.0. The van der Waals surface area contributed by atoms with Gasteiger partial charge in [0.05, 0.1) is 12.6 Å². The number of carbonyl (C=O) groups is 2. The molecule has 0 fully saturated rings. The van der Waals surface area contributed by atoms with Crippen LogP contribution in [0.1, 0.15) is 39.0 Å². The Hall–Kier alpha value is -2.75. The number of rotatable bonds is 6. The zero-order valence-electron chi connectivity index (χ0n) is 18.1. The minimum Gasteiger partial charge on any atom is -0.356 e. The Bertz CT molecular complexity index is 733. The Morgan fingerprint density at radius 1 is 1.29 bits per heavy atom.